The first-order valence-corrected chi connectivity index (χ1v) is 14.7. The van der Waals surface area contributed by atoms with E-state index in [2.05, 4.69) is 36.1 Å². The maximum absolute atomic E-state index is 13.7. The SMILES string of the molecule is CN(C)c1ccc(C2CC3(C)C(C(=O)CO)CCC3C3CCC4=C(C(=O)c5ccccc5)C(=O)CCC4=C23)cc1. The van der Waals surface area contributed by atoms with Crippen molar-refractivity contribution in [1.29, 1.82) is 0 Å². The number of aliphatic hydroxyl groups is 1. The molecule has 40 heavy (non-hydrogen) atoms. The third kappa shape index (κ3) is 4.21. The van der Waals surface area contributed by atoms with E-state index < -0.39 is 6.61 Å². The highest BCUT2D eigenvalue weighted by molar-refractivity contribution is 6.27. The smallest absolute Gasteiger partial charge is 0.196 e. The number of anilines is 1. The van der Waals surface area contributed by atoms with Crippen molar-refractivity contribution in [3.63, 3.8) is 0 Å². The van der Waals surface area contributed by atoms with E-state index in [0.29, 0.717) is 35.8 Å². The summed E-state index contributed by atoms with van der Waals surface area (Å²) in [5.41, 5.74) is 6.75. The van der Waals surface area contributed by atoms with Gasteiger partial charge in [0.25, 0.3) is 0 Å². The highest BCUT2D eigenvalue weighted by Gasteiger charge is 2.58. The average molecular weight is 538 g/mol. The summed E-state index contributed by atoms with van der Waals surface area (Å²) in [6.07, 6.45) is 5.30. The first-order chi connectivity index (χ1) is 19.2. The minimum absolute atomic E-state index is 0.0294. The van der Waals surface area contributed by atoms with Gasteiger partial charge in [-0.2, -0.15) is 0 Å². The van der Waals surface area contributed by atoms with Gasteiger partial charge in [0, 0.05) is 43.6 Å². The van der Waals surface area contributed by atoms with E-state index in [-0.39, 0.29) is 34.6 Å². The standard InChI is InChI=1S/C35H39NO4/c1-35-19-27(21-9-11-23(12-10-21)36(2)3)32-24-15-18-30(38)33(34(40)22-7-5-4-6-8-22)25(24)13-14-26(32)28(35)16-17-29(35)31(39)20-37/h4-12,26-29,37H,13-20H2,1-3H3. The number of ketones is 3. The Labute approximate surface area is 237 Å². The maximum Gasteiger partial charge on any atom is 0.196 e. The lowest BCUT2D eigenvalue weighted by Crippen LogP contribution is -2.45. The summed E-state index contributed by atoms with van der Waals surface area (Å²) < 4.78 is 0. The lowest BCUT2D eigenvalue weighted by Gasteiger charge is -2.52. The van der Waals surface area contributed by atoms with E-state index in [1.165, 1.54) is 16.7 Å². The van der Waals surface area contributed by atoms with Crippen molar-refractivity contribution in [2.24, 2.45) is 23.2 Å². The van der Waals surface area contributed by atoms with Crippen molar-refractivity contribution in [1.82, 2.24) is 0 Å². The van der Waals surface area contributed by atoms with Crippen LogP contribution >= 0.6 is 0 Å². The number of hydrogen-bond donors (Lipinski definition) is 1. The average Bonchev–Trinajstić information content (AvgIpc) is 3.33. The summed E-state index contributed by atoms with van der Waals surface area (Å²) in [5.74, 6) is 0.443. The van der Waals surface area contributed by atoms with Crippen LogP contribution in [0.15, 0.2) is 76.9 Å². The Morgan fingerprint density at radius 2 is 1.65 bits per heavy atom. The number of allylic oxidation sites excluding steroid dienone is 4. The van der Waals surface area contributed by atoms with E-state index >= 15 is 0 Å². The van der Waals surface area contributed by atoms with E-state index in [4.69, 9.17) is 0 Å². The fourth-order valence-electron chi connectivity index (χ4n) is 8.70. The van der Waals surface area contributed by atoms with Crippen LogP contribution in [-0.4, -0.2) is 43.2 Å². The van der Waals surface area contributed by atoms with Gasteiger partial charge in [0.15, 0.2) is 17.3 Å². The van der Waals surface area contributed by atoms with Crippen LogP contribution < -0.4 is 4.90 Å². The van der Waals surface area contributed by atoms with Crippen LogP contribution in [0.25, 0.3) is 0 Å². The number of nitrogens with zero attached hydrogens (tertiary/aromatic N) is 1. The Bertz CT molecular complexity index is 1420. The quantitative estimate of drug-likeness (QED) is 0.357. The molecule has 208 valence electrons. The molecule has 4 aliphatic rings. The van der Waals surface area contributed by atoms with Crippen molar-refractivity contribution in [2.45, 2.75) is 57.8 Å². The molecule has 2 aromatic carbocycles. The molecule has 5 nitrogen and oxygen atoms in total. The van der Waals surface area contributed by atoms with E-state index in [9.17, 15) is 19.5 Å². The highest BCUT2D eigenvalue weighted by atomic mass is 16.3. The number of Topliss-reactive ketones (excluding diaryl/α,β-unsaturated/α-hetero) is 3. The van der Waals surface area contributed by atoms with Gasteiger partial charge in [-0.15, -0.1) is 0 Å². The van der Waals surface area contributed by atoms with Crippen LogP contribution in [0.1, 0.15) is 73.7 Å². The Balaban J connectivity index is 1.52. The van der Waals surface area contributed by atoms with Crippen molar-refractivity contribution in [3.05, 3.63) is 88.0 Å². The molecular weight excluding hydrogens is 498 g/mol. The van der Waals surface area contributed by atoms with Crippen LogP contribution in [0.5, 0.6) is 0 Å². The molecule has 4 aliphatic carbocycles. The molecule has 6 rings (SSSR count). The third-order valence-corrected chi connectivity index (χ3v) is 10.5. The number of rotatable bonds is 6. The normalized spacial score (nSPS) is 29.6. The van der Waals surface area contributed by atoms with E-state index in [1.807, 2.05) is 32.3 Å². The molecule has 2 aromatic rings. The van der Waals surface area contributed by atoms with Crippen LogP contribution in [0.3, 0.4) is 0 Å². The lowest BCUT2D eigenvalue weighted by molar-refractivity contribution is -0.130. The fourth-order valence-corrected chi connectivity index (χ4v) is 8.70. The molecule has 0 radical (unpaired) electrons. The maximum atomic E-state index is 13.7. The summed E-state index contributed by atoms with van der Waals surface area (Å²) >= 11 is 0. The monoisotopic (exact) mass is 537 g/mol. The second kappa shape index (κ2) is 10.3. The molecule has 0 amide bonds. The first-order valence-electron chi connectivity index (χ1n) is 14.7. The van der Waals surface area contributed by atoms with Gasteiger partial charge >= 0.3 is 0 Å². The van der Waals surface area contributed by atoms with Crippen LogP contribution in [-0.2, 0) is 9.59 Å². The van der Waals surface area contributed by atoms with E-state index in [0.717, 1.165) is 43.4 Å². The number of aliphatic hydroxyl groups excluding tert-OH is 1. The van der Waals surface area contributed by atoms with Gasteiger partial charge in [0.05, 0.1) is 5.57 Å². The van der Waals surface area contributed by atoms with Crippen molar-refractivity contribution < 1.29 is 19.5 Å². The van der Waals surface area contributed by atoms with Crippen LogP contribution in [0, 0.1) is 23.2 Å². The van der Waals surface area contributed by atoms with Crippen LogP contribution in [0.2, 0.25) is 0 Å². The van der Waals surface area contributed by atoms with Gasteiger partial charge in [-0.25, -0.2) is 0 Å². The number of hydrogen-bond acceptors (Lipinski definition) is 5. The van der Waals surface area contributed by atoms with Gasteiger partial charge in [-0.1, -0.05) is 55.0 Å². The molecule has 2 saturated carbocycles. The zero-order valence-electron chi connectivity index (χ0n) is 23.8. The molecular formula is C35H39NO4. The molecule has 0 bridgehead atoms. The molecule has 0 spiro atoms. The summed E-state index contributed by atoms with van der Waals surface area (Å²) in [6.45, 7) is 1.89. The molecule has 5 atom stereocenters. The minimum atomic E-state index is -0.395. The van der Waals surface area contributed by atoms with Crippen molar-refractivity contribution in [2.75, 3.05) is 25.6 Å². The largest absolute Gasteiger partial charge is 0.389 e. The first kappa shape index (κ1) is 26.9. The topological polar surface area (TPSA) is 74.7 Å². The molecule has 0 aromatic heterocycles. The minimum Gasteiger partial charge on any atom is -0.389 e. The Morgan fingerprint density at radius 3 is 2.33 bits per heavy atom. The number of carbonyl (C=O) groups is 3. The Kier molecular flexibility index (Phi) is 6.90. The lowest BCUT2D eigenvalue weighted by atomic mass is 9.51. The molecule has 5 heteroatoms. The second-order valence-corrected chi connectivity index (χ2v) is 12.7. The van der Waals surface area contributed by atoms with E-state index in [1.54, 1.807) is 12.1 Å². The zero-order chi connectivity index (χ0) is 28.2. The molecule has 2 fully saturated rings. The summed E-state index contributed by atoms with van der Waals surface area (Å²) in [5, 5.41) is 9.82. The van der Waals surface area contributed by atoms with Gasteiger partial charge in [-0.3, -0.25) is 14.4 Å². The molecule has 5 unspecified atom stereocenters. The van der Waals surface area contributed by atoms with Crippen molar-refractivity contribution in [3.8, 4) is 0 Å². The predicted octanol–water partition coefficient (Wildman–Crippen LogP) is 6.08. The number of fused-ring (bicyclic) bond motifs is 4. The molecule has 0 heterocycles. The van der Waals surface area contributed by atoms with Gasteiger partial charge in [0.2, 0.25) is 0 Å². The van der Waals surface area contributed by atoms with Crippen molar-refractivity contribution >= 4 is 23.0 Å². The number of benzene rings is 2. The Morgan fingerprint density at radius 1 is 0.925 bits per heavy atom. The molecule has 1 N–H and O–H groups in total. The van der Waals surface area contributed by atoms with Crippen LogP contribution in [0.4, 0.5) is 5.69 Å². The number of carbonyl (C=O) groups excluding carboxylic acids is 3. The summed E-state index contributed by atoms with van der Waals surface area (Å²) in [6, 6.07) is 17.9. The van der Waals surface area contributed by atoms with Gasteiger partial charge in [0.1, 0.15) is 6.61 Å². The Hall–Kier alpha value is -3.31. The van der Waals surface area contributed by atoms with Gasteiger partial charge in [-0.05, 0) is 84.6 Å². The summed E-state index contributed by atoms with van der Waals surface area (Å²) in [4.78, 5) is 42.0. The zero-order valence-corrected chi connectivity index (χ0v) is 23.8. The molecule has 0 saturated heterocycles. The second-order valence-electron chi connectivity index (χ2n) is 12.7. The molecule has 0 aliphatic heterocycles. The third-order valence-electron chi connectivity index (χ3n) is 10.5. The fraction of sp³-hybridized carbons (Fsp3) is 0.457. The summed E-state index contributed by atoms with van der Waals surface area (Å²) in [7, 11) is 4.07. The van der Waals surface area contributed by atoms with Gasteiger partial charge < -0.3 is 10.0 Å². The highest BCUT2D eigenvalue weighted by Crippen LogP contribution is 2.66. The predicted molar refractivity (Wildman–Crippen MR) is 156 cm³/mol.